The molecule has 0 radical (unpaired) electrons. The molecule has 0 unspecified atom stereocenters. The molecule has 18 heavy (non-hydrogen) atoms. The van der Waals surface area contributed by atoms with Crippen LogP contribution in [0.5, 0.6) is 0 Å². The highest BCUT2D eigenvalue weighted by molar-refractivity contribution is 7.89. The van der Waals surface area contributed by atoms with Crippen molar-refractivity contribution in [3.05, 3.63) is 24.0 Å². The monoisotopic (exact) mass is 263 g/mol. The summed E-state index contributed by atoms with van der Waals surface area (Å²) in [5.41, 5.74) is -0.103. The molecule has 1 N–H and O–H groups in total. The highest BCUT2D eigenvalue weighted by atomic mass is 32.2. The van der Waals surface area contributed by atoms with Crippen molar-refractivity contribution in [3.63, 3.8) is 0 Å². The Kier molecular flexibility index (Phi) is 5.31. The third-order valence-electron chi connectivity index (χ3n) is 2.21. The van der Waals surface area contributed by atoms with Gasteiger partial charge in [-0.25, -0.2) is 18.1 Å². The predicted octanol–water partition coefficient (Wildman–Crippen LogP) is 1.04. The van der Waals surface area contributed by atoms with Crippen molar-refractivity contribution in [3.8, 4) is 18.4 Å². The van der Waals surface area contributed by atoms with Gasteiger partial charge in [-0.3, -0.25) is 0 Å². The van der Waals surface area contributed by atoms with Gasteiger partial charge in [-0.05, 0) is 25.0 Å². The van der Waals surface area contributed by atoms with E-state index < -0.39 is 10.0 Å². The van der Waals surface area contributed by atoms with Crippen molar-refractivity contribution in [1.29, 1.82) is 5.26 Å². The summed E-state index contributed by atoms with van der Waals surface area (Å²) in [5, 5.41) is 8.80. The molecule has 0 aliphatic rings. The van der Waals surface area contributed by atoms with Crippen molar-refractivity contribution in [2.45, 2.75) is 24.2 Å². The van der Waals surface area contributed by atoms with E-state index in [9.17, 15) is 8.42 Å². The van der Waals surface area contributed by atoms with E-state index in [0.29, 0.717) is 19.4 Å². The zero-order valence-electron chi connectivity index (χ0n) is 9.76. The van der Waals surface area contributed by atoms with Crippen molar-refractivity contribution in [1.82, 2.24) is 9.71 Å². The van der Waals surface area contributed by atoms with E-state index in [2.05, 4.69) is 15.6 Å². The maximum Gasteiger partial charge on any atom is 0.243 e. The summed E-state index contributed by atoms with van der Waals surface area (Å²) < 4.78 is 26.2. The number of nitrogens with zero attached hydrogens (tertiary/aromatic N) is 2. The largest absolute Gasteiger partial charge is 0.244 e. The lowest BCUT2D eigenvalue weighted by Crippen LogP contribution is -2.25. The van der Waals surface area contributed by atoms with Crippen LogP contribution >= 0.6 is 0 Å². The van der Waals surface area contributed by atoms with Crippen LogP contribution in [0.4, 0.5) is 0 Å². The molecule has 1 heterocycles. The molecule has 1 aromatic heterocycles. The maximum atomic E-state index is 11.9. The van der Waals surface area contributed by atoms with Crippen molar-refractivity contribution in [2.75, 3.05) is 6.54 Å². The molecule has 0 spiro atoms. The van der Waals surface area contributed by atoms with Gasteiger partial charge < -0.3 is 0 Å². The number of sulfonamides is 1. The summed E-state index contributed by atoms with van der Waals surface area (Å²) in [7, 11) is -3.68. The van der Waals surface area contributed by atoms with Crippen molar-refractivity contribution < 1.29 is 8.42 Å². The van der Waals surface area contributed by atoms with E-state index in [0.717, 1.165) is 6.42 Å². The maximum absolute atomic E-state index is 11.9. The number of terminal acetylenes is 1. The molecule has 0 aliphatic carbocycles. The first-order valence-corrected chi connectivity index (χ1v) is 6.88. The molecule has 6 heteroatoms. The second-order valence-electron chi connectivity index (χ2n) is 3.52. The summed E-state index contributed by atoms with van der Waals surface area (Å²) in [6, 6.07) is 4.59. The number of rotatable bonds is 6. The first-order valence-electron chi connectivity index (χ1n) is 5.40. The summed E-state index contributed by atoms with van der Waals surface area (Å²) in [6.45, 7) is 0.295. The number of unbranched alkanes of at least 4 members (excludes halogenated alkanes) is 2. The van der Waals surface area contributed by atoms with Gasteiger partial charge in [-0.2, -0.15) is 5.26 Å². The standard InChI is InChI=1S/C12H13N3O2S/c1-2-3-4-5-9-15-18(16,17)12-7-6-8-14-11(12)10-13/h1,6-8,15H,3-5,9H2. The van der Waals surface area contributed by atoms with E-state index in [1.807, 2.05) is 0 Å². The second-order valence-corrected chi connectivity index (χ2v) is 5.26. The van der Waals surface area contributed by atoms with Gasteiger partial charge in [0.05, 0.1) is 0 Å². The molecule has 1 aromatic rings. The molecular weight excluding hydrogens is 250 g/mol. The Morgan fingerprint density at radius 3 is 2.89 bits per heavy atom. The molecule has 0 aromatic carbocycles. The van der Waals surface area contributed by atoms with E-state index >= 15 is 0 Å². The lowest BCUT2D eigenvalue weighted by molar-refractivity contribution is 0.576. The molecule has 0 bridgehead atoms. The Balaban J connectivity index is 2.70. The number of nitrogens with one attached hydrogen (secondary N) is 1. The van der Waals surface area contributed by atoms with E-state index in [4.69, 9.17) is 11.7 Å². The number of aromatic nitrogens is 1. The third kappa shape index (κ3) is 3.85. The van der Waals surface area contributed by atoms with Crippen LogP contribution < -0.4 is 4.72 Å². The van der Waals surface area contributed by atoms with Crippen LogP contribution in [-0.4, -0.2) is 19.9 Å². The lowest BCUT2D eigenvalue weighted by Gasteiger charge is -2.06. The summed E-state index contributed by atoms with van der Waals surface area (Å²) in [6.07, 6.45) is 8.51. The summed E-state index contributed by atoms with van der Waals surface area (Å²) >= 11 is 0. The first-order chi connectivity index (χ1) is 8.61. The van der Waals surface area contributed by atoms with Crippen molar-refractivity contribution in [2.24, 2.45) is 0 Å². The Bertz CT molecular complexity index is 582. The van der Waals surface area contributed by atoms with E-state index in [-0.39, 0.29) is 10.6 Å². The fraction of sp³-hybridized carbons (Fsp3) is 0.333. The Hall–Kier alpha value is -1.89. The average molecular weight is 263 g/mol. The fourth-order valence-corrected chi connectivity index (χ4v) is 2.51. The lowest BCUT2D eigenvalue weighted by atomic mass is 10.2. The molecule has 0 saturated carbocycles. The van der Waals surface area contributed by atoms with Crippen LogP contribution in [0.25, 0.3) is 0 Å². The molecule has 0 atom stereocenters. The fourth-order valence-electron chi connectivity index (χ4n) is 1.33. The number of nitriles is 1. The van der Waals surface area contributed by atoms with Gasteiger partial charge in [0.2, 0.25) is 10.0 Å². The van der Waals surface area contributed by atoms with Gasteiger partial charge in [0.15, 0.2) is 5.69 Å². The molecule has 0 aliphatic heterocycles. The molecular formula is C12H13N3O2S. The zero-order valence-corrected chi connectivity index (χ0v) is 10.6. The number of hydrogen-bond acceptors (Lipinski definition) is 4. The minimum absolute atomic E-state index is 0.0931. The smallest absolute Gasteiger partial charge is 0.243 e. The van der Waals surface area contributed by atoms with Crippen LogP contribution in [-0.2, 0) is 10.0 Å². The minimum Gasteiger partial charge on any atom is -0.244 e. The van der Waals surface area contributed by atoms with Crippen LogP contribution in [0.3, 0.4) is 0 Å². The van der Waals surface area contributed by atoms with E-state index in [1.165, 1.54) is 18.3 Å². The predicted molar refractivity (Wildman–Crippen MR) is 66.8 cm³/mol. The summed E-state index contributed by atoms with van der Waals surface area (Å²) in [4.78, 5) is 3.62. The van der Waals surface area contributed by atoms with Crippen LogP contribution in [0.2, 0.25) is 0 Å². The van der Waals surface area contributed by atoms with Gasteiger partial charge in [0.1, 0.15) is 11.0 Å². The molecule has 94 valence electrons. The van der Waals surface area contributed by atoms with Crippen LogP contribution in [0.15, 0.2) is 23.2 Å². The average Bonchev–Trinajstić information content (AvgIpc) is 2.38. The zero-order chi connectivity index (χ0) is 13.4. The SMILES string of the molecule is C#CCCCCNS(=O)(=O)c1cccnc1C#N. The number of pyridine rings is 1. The minimum atomic E-state index is -3.68. The Morgan fingerprint density at radius 1 is 1.44 bits per heavy atom. The third-order valence-corrected chi connectivity index (χ3v) is 3.70. The van der Waals surface area contributed by atoms with Gasteiger partial charge in [0.25, 0.3) is 0 Å². The molecule has 1 rings (SSSR count). The van der Waals surface area contributed by atoms with E-state index in [1.54, 1.807) is 6.07 Å². The number of hydrogen-bond donors (Lipinski definition) is 1. The molecule has 0 saturated heterocycles. The van der Waals surface area contributed by atoms with Gasteiger partial charge >= 0.3 is 0 Å². The molecule has 0 fully saturated rings. The highest BCUT2D eigenvalue weighted by Gasteiger charge is 2.18. The Labute approximate surface area is 107 Å². The molecule has 5 nitrogen and oxygen atoms in total. The normalized spacial score (nSPS) is 10.6. The first kappa shape index (κ1) is 14.2. The highest BCUT2D eigenvalue weighted by Crippen LogP contribution is 2.11. The van der Waals surface area contributed by atoms with Gasteiger partial charge in [-0.15, -0.1) is 12.3 Å². The second kappa shape index (κ2) is 6.75. The van der Waals surface area contributed by atoms with Gasteiger partial charge in [-0.1, -0.05) is 0 Å². The van der Waals surface area contributed by atoms with Crippen molar-refractivity contribution >= 4 is 10.0 Å². The topological polar surface area (TPSA) is 82.8 Å². The Morgan fingerprint density at radius 2 is 2.22 bits per heavy atom. The van der Waals surface area contributed by atoms with Gasteiger partial charge in [0, 0.05) is 19.2 Å². The van der Waals surface area contributed by atoms with Crippen LogP contribution in [0.1, 0.15) is 25.0 Å². The summed E-state index contributed by atoms with van der Waals surface area (Å²) in [5.74, 6) is 2.48. The quantitative estimate of drug-likeness (QED) is 0.614. The molecule has 0 amide bonds. The van der Waals surface area contributed by atoms with Crippen LogP contribution in [0, 0.1) is 23.7 Å².